The molecule has 0 unspecified atom stereocenters. The average Bonchev–Trinajstić information content (AvgIpc) is 2.66. The van der Waals surface area contributed by atoms with Crippen LogP contribution in [0.3, 0.4) is 0 Å². The van der Waals surface area contributed by atoms with Gasteiger partial charge in [0.1, 0.15) is 11.6 Å². The Hall–Kier alpha value is -1.72. The molecule has 1 amide bonds. The van der Waals surface area contributed by atoms with E-state index in [4.69, 9.17) is 0 Å². The van der Waals surface area contributed by atoms with Crippen LogP contribution in [-0.4, -0.2) is 50.1 Å². The lowest BCUT2D eigenvalue weighted by Crippen LogP contribution is -2.46. The van der Waals surface area contributed by atoms with Crippen LogP contribution in [0.2, 0.25) is 0 Å². The van der Waals surface area contributed by atoms with Crippen LogP contribution in [0.25, 0.3) is 0 Å². The number of hydrogen-bond donors (Lipinski definition) is 2. The molecule has 1 fully saturated rings. The van der Waals surface area contributed by atoms with Crippen LogP contribution >= 0.6 is 24.0 Å². The number of nitrogens with zero attached hydrogens (tertiary/aromatic N) is 2. The fourth-order valence-corrected chi connectivity index (χ4v) is 3.19. The van der Waals surface area contributed by atoms with Gasteiger partial charge in [0.25, 0.3) is 0 Å². The van der Waals surface area contributed by atoms with E-state index in [0.717, 1.165) is 12.8 Å². The van der Waals surface area contributed by atoms with Gasteiger partial charge in [0.15, 0.2) is 5.96 Å². The Morgan fingerprint density at radius 3 is 2.62 bits per heavy atom. The van der Waals surface area contributed by atoms with E-state index in [-0.39, 0.29) is 47.7 Å². The summed E-state index contributed by atoms with van der Waals surface area (Å²) in [5, 5.41) is 5.79. The van der Waals surface area contributed by atoms with E-state index in [1.165, 1.54) is 18.2 Å². The first-order chi connectivity index (χ1) is 13.4. The molecule has 10 heteroatoms. The molecule has 0 radical (unpaired) electrons. The van der Waals surface area contributed by atoms with Gasteiger partial charge in [-0.3, -0.25) is 4.79 Å². The molecule has 1 aliphatic rings. The van der Waals surface area contributed by atoms with Crippen LogP contribution in [-0.2, 0) is 11.3 Å². The maximum absolute atomic E-state index is 14.1. The summed E-state index contributed by atoms with van der Waals surface area (Å²) in [5.74, 6) is 0.0925. The number of piperidine rings is 1. The summed E-state index contributed by atoms with van der Waals surface area (Å²) < 4.78 is 43.7. The molecule has 1 saturated heterocycles. The van der Waals surface area contributed by atoms with E-state index in [9.17, 15) is 18.0 Å². The molecule has 1 heterocycles. The third kappa shape index (κ3) is 7.90. The van der Waals surface area contributed by atoms with Crippen molar-refractivity contribution in [2.24, 2.45) is 10.9 Å². The zero-order valence-electron chi connectivity index (χ0n) is 16.6. The van der Waals surface area contributed by atoms with Gasteiger partial charge in [0.05, 0.1) is 12.1 Å². The molecule has 2 N–H and O–H groups in total. The van der Waals surface area contributed by atoms with Gasteiger partial charge in [0.2, 0.25) is 5.91 Å². The first-order valence-electron chi connectivity index (χ1n) is 9.40. The molecular weight excluding hydrogens is 500 g/mol. The second-order valence-corrected chi connectivity index (χ2v) is 6.57. The van der Waals surface area contributed by atoms with Crippen LogP contribution < -0.4 is 15.4 Å². The van der Waals surface area contributed by atoms with Crippen LogP contribution in [0.5, 0.6) is 5.75 Å². The number of nitrogens with one attached hydrogen (secondary N) is 2. The average molecular weight is 528 g/mol. The number of amides is 1. The predicted octanol–water partition coefficient (Wildman–Crippen LogP) is 3.36. The Morgan fingerprint density at radius 2 is 2.03 bits per heavy atom. The van der Waals surface area contributed by atoms with Gasteiger partial charge in [-0.25, -0.2) is 9.38 Å². The van der Waals surface area contributed by atoms with Crippen molar-refractivity contribution in [2.75, 3.05) is 26.7 Å². The standard InChI is InChI=1S/C19H27F3N4O2.HI/c1-3-24-19(26-9-7-13(8-10-26)11-17(27)23-2)25-12-14-15(20)5-4-6-16(14)28-18(21)22;/h4-6,13,18H,3,7-12H2,1-2H3,(H,23,27)(H,24,25);1H. The fourth-order valence-electron chi connectivity index (χ4n) is 3.19. The summed E-state index contributed by atoms with van der Waals surface area (Å²) in [5.41, 5.74) is -0.00675. The summed E-state index contributed by atoms with van der Waals surface area (Å²) in [6, 6.07) is 3.82. The number of benzene rings is 1. The molecule has 1 aromatic carbocycles. The summed E-state index contributed by atoms with van der Waals surface area (Å²) in [6.45, 7) is 0.819. The SMILES string of the molecule is CCNC(=NCc1c(F)cccc1OC(F)F)N1CCC(CC(=O)NC)CC1.I. The van der Waals surface area contributed by atoms with Gasteiger partial charge in [-0.05, 0) is 37.8 Å². The number of halogens is 4. The highest BCUT2D eigenvalue weighted by atomic mass is 127. The lowest BCUT2D eigenvalue weighted by atomic mass is 9.93. The van der Waals surface area contributed by atoms with Gasteiger partial charge in [-0.15, -0.1) is 24.0 Å². The van der Waals surface area contributed by atoms with Crippen molar-refractivity contribution in [1.29, 1.82) is 0 Å². The molecule has 1 aromatic rings. The highest BCUT2D eigenvalue weighted by Gasteiger charge is 2.23. The highest BCUT2D eigenvalue weighted by molar-refractivity contribution is 14.0. The smallest absolute Gasteiger partial charge is 0.387 e. The van der Waals surface area contributed by atoms with E-state index < -0.39 is 12.4 Å². The summed E-state index contributed by atoms with van der Waals surface area (Å²) in [4.78, 5) is 18.0. The van der Waals surface area contributed by atoms with E-state index in [0.29, 0.717) is 37.9 Å². The van der Waals surface area contributed by atoms with E-state index in [2.05, 4.69) is 20.4 Å². The summed E-state index contributed by atoms with van der Waals surface area (Å²) >= 11 is 0. The third-order valence-corrected chi connectivity index (χ3v) is 4.68. The molecule has 0 spiro atoms. The number of carbonyl (C=O) groups is 1. The number of alkyl halides is 2. The number of hydrogen-bond acceptors (Lipinski definition) is 3. The number of guanidine groups is 1. The third-order valence-electron chi connectivity index (χ3n) is 4.68. The lowest BCUT2D eigenvalue weighted by Gasteiger charge is -2.34. The summed E-state index contributed by atoms with van der Waals surface area (Å²) in [6.07, 6.45) is 2.19. The van der Waals surface area contributed by atoms with Crippen molar-refractivity contribution in [1.82, 2.24) is 15.5 Å². The van der Waals surface area contributed by atoms with Gasteiger partial charge in [-0.1, -0.05) is 6.07 Å². The quantitative estimate of drug-likeness (QED) is 0.324. The van der Waals surface area contributed by atoms with Gasteiger partial charge >= 0.3 is 6.61 Å². The minimum Gasteiger partial charge on any atom is -0.434 e. The number of rotatable bonds is 7. The molecule has 164 valence electrons. The molecular formula is C19H28F3IN4O2. The molecule has 2 rings (SSSR count). The van der Waals surface area contributed by atoms with Crippen LogP contribution in [0.15, 0.2) is 23.2 Å². The van der Waals surface area contributed by atoms with Crippen molar-refractivity contribution in [3.05, 3.63) is 29.6 Å². The fraction of sp³-hybridized carbons (Fsp3) is 0.579. The number of carbonyl (C=O) groups excluding carboxylic acids is 1. The second kappa shape index (κ2) is 12.8. The highest BCUT2D eigenvalue weighted by Crippen LogP contribution is 2.25. The number of aliphatic imine (C=N–C) groups is 1. The minimum atomic E-state index is -3.03. The Balaban J connectivity index is 0.00000420. The van der Waals surface area contributed by atoms with Crippen molar-refractivity contribution in [3.63, 3.8) is 0 Å². The van der Waals surface area contributed by atoms with Crippen molar-refractivity contribution >= 4 is 35.8 Å². The Bertz CT molecular complexity index is 683. The monoisotopic (exact) mass is 528 g/mol. The minimum absolute atomic E-state index is 0. The molecule has 0 bridgehead atoms. The Kier molecular flexibility index (Phi) is 11.1. The van der Waals surface area contributed by atoms with Gasteiger partial charge in [0, 0.05) is 33.1 Å². The molecule has 6 nitrogen and oxygen atoms in total. The molecule has 0 aromatic heterocycles. The van der Waals surface area contributed by atoms with Crippen molar-refractivity contribution in [3.8, 4) is 5.75 Å². The van der Waals surface area contributed by atoms with Crippen molar-refractivity contribution < 1.29 is 22.7 Å². The first kappa shape index (κ1) is 25.3. The first-order valence-corrected chi connectivity index (χ1v) is 9.40. The topological polar surface area (TPSA) is 66.0 Å². The number of likely N-dealkylation sites (tertiary alicyclic amines) is 1. The van der Waals surface area contributed by atoms with Crippen molar-refractivity contribution in [2.45, 2.75) is 39.3 Å². The Labute approximate surface area is 186 Å². The predicted molar refractivity (Wildman–Crippen MR) is 116 cm³/mol. The normalized spacial score (nSPS) is 15.1. The second-order valence-electron chi connectivity index (χ2n) is 6.57. The Morgan fingerprint density at radius 1 is 1.34 bits per heavy atom. The van der Waals surface area contributed by atoms with E-state index in [1.54, 1.807) is 7.05 Å². The number of ether oxygens (including phenoxy) is 1. The molecule has 0 aliphatic carbocycles. The molecule has 0 saturated carbocycles. The zero-order chi connectivity index (χ0) is 20.5. The van der Waals surface area contributed by atoms with Crippen LogP contribution in [0, 0.1) is 11.7 Å². The lowest BCUT2D eigenvalue weighted by molar-refractivity contribution is -0.121. The molecule has 0 atom stereocenters. The van der Waals surface area contributed by atoms with E-state index >= 15 is 0 Å². The van der Waals surface area contributed by atoms with Gasteiger partial charge < -0.3 is 20.3 Å². The van der Waals surface area contributed by atoms with Crippen LogP contribution in [0.4, 0.5) is 13.2 Å². The summed E-state index contributed by atoms with van der Waals surface area (Å²) in [7, 11) is 1.63. The van der Waals surface area contributed by atoms with Crippen LogP contribution in [0.1, 0.15) is 31.7 Å². The maximum atomic E-state index is 14.1. The van der Waals surface area contributed by atoms with Gasteiger partial charge in [-0.2, -0.15) is 8.78 Å². The maximum Gasteiger partial charge on any atom is 0.387 e. The largest absolute Gasteiger partial charge is 0.434 e. The molecule has 29 heavy (non-hydrogen) atoms. The zero-order valence-corrected chi connectivity index (χ0v) is 18.9. The van der Waals surface area contributed by atoms with E-state index in [1.807, 2.05) is 11.8 Å². The molecule has 1 aliphatic heterocycles.